The van der Waals surface area contributed by atoms with E-state index < -0.39 is 35.0 Å². The number of aromatic nitrogens is 1. The highest BCUT2D eigenvalue weighted by Gasteiger charge is 2.64. The molecule has 1 unspecified atom stereocenters. The number of hydrogen-bond donors (Lipinski definition) is 2. The number of hydrogen-bond acceptors (Lipinski definition) is 6. The van der Waals surface area contributed by atoms with E-state index in [0.717, 1.165) is 4.57 Å². The zero-order valence-corrected chi connectivity index (χ0v) is 20.7. The number of Topliss-reactive ketones (excluding diaryl/α,β-unsaturated/α-hetero) is 3. The predicted octanol–water partition coefficient (Wildman–Crippen LogP) is 5.79. The molecule has 4 aromatic rings. The van der Waals surface area contributed by atoms with Crippen molar-refractivity contribution in [3.63, 3.8) is 0 Å². The van der Waals surface area contributed by atoms with Crippen LogP contribution < -0.4 is 0 Å². The molecule has 0 radical (unpaired) electrons. The Bertz CT molecular complexity index is 1640. The average Bonchev–Trinajstić information content (AvgIpc) is 3.46. The third kappa shape index (κ3) is 3.08. The minimum atomic E-state index is -2.21. The fourth-order valence-corrected chi connectivity index (χ4v) is 5.46. The van der Waals surface area contributed by atoms with Crippen molar-refractivity contribution in [2.75, 3.05) is 0 Å². The Morgan fingerprint density at radius 2 is 1.51 bits per heavy atom. The molecule has 1 aromatic heterocycles. The first kappa shape index (κ1) is 23.5. The summed E-state index contributed by atoms with van der Waals surface area (Å²) in [5.74, 6) is -2.39. The molecule has 0 saturated carbocycles. The van der Waals surface area contributed by atoms with Gasteiger partial charge in [0, 0.05) is 16.7 Å². The normalized spacial score (nSPS) is 17.3. The number of carbonyl (C=O) groups excluding carboxylic acids is 3. The van der Waals surface area contributed by atoms with Crippen LogP contribution in [0.15, 0.2) is 66.7 Å². The van der Waals surface area contributed by atoms with Gasteiger partial charge in [-0.1, -0.05) is 53.5 Å². The van der Waals surface area contributed by atoms with E-state index in [9.17, 15) is 24.6 Å². The molecule has 9 heteroatoms. The Morgan fingerprint density at radius 1 is 0.892 bits per heavy atom. The molecule has 2 N–H and O–H groups in total. The van der Waals surface area contributed by atoms with Crippen LogP contribution in [0.25, 0.3) is 5.69 Å². The Balaban J connectivity index is 1.63. The zero-order chi connectivity index (χ0) is 26.2. The molecule has 1 spiro atoms. The Labute approximate surface area is 220 Å². The summed E-state index contributed by atoms with van der Waals surface area (Å²) in [7, 11) is 0. The largest absolute Gasteiger partial charge is 0.494 e. The van der Waals surface area contributed by atoms with Gasteiger partial charge in [0.2, 0.25) is 28.9 Å². The fraction of sp³-hybridized carbons (Fsp3) is 0.107. The molecule has 0 fully saturated rings. The monoisotopic (exact) mass is 533 g/mol. The van der Waals surface area contributed by atoms with E-state index in [-0.39, 0.29) is 38.1 Å². The van der Waals surface area contributed by atoms with Crippen LogP contribution in [0.1, 0.15) is 60.8 Å². The van der Waals surface area contributed by atoms with Gasteiger partial charge < -0.3 is 14.9 Å². The van der Waals surface area contributed by atoms with Crippen LogP contribution in [0, 0.1) is 0 Å². The van der Waals surface area contributed by atoms with Crippen molar-refractivity contribution in [3.8, 4) is 17.4 Å². The molecule has 6 rings (SSSR count). The van der Waals surface area contributed by atoms with Crippen LogP contribution in [-0.2, 0) is 10.3 Å². The minimum Gasteiger partial charge on any atom is -0.494 e. The van der Waals surface area contributed by atoms with Crippen molar-refractivity contribution in [2.24, 2.45) is 0 Å². The number of halogens is 2. The number of ether oxygens (including phenoxy) is 1. The van der Waals surface area contributed by atoms with Crippen LogP contribution in [-0.4, -0.2) is 32.1 Å². The Hall–Kier alpha value is -3.91. The standard InChI is InChI=1S/C28H17Cl2NO6/c1-13(32)14-6-9-16(10-7-14)31-26(35)21-22(27(31)36)28(24(33)17-4-2-3-5-18(17)25(28)34)37-23(21)15-8-11-19(29)20(30)12-15/h2-12,23,35-36H,1H3. The van der Waals surface area contributed by atoms with Crippen LogP contribution in [0.2, 0.25) is 10.0 Å². The number of aromatic hydroxyl groups is 2. The summed E-state index contributed by atoms with van der Waals surface area (Å²) in [4.78, 5) is 39.3. The first-order valence-corrected chi connectivity index (χ1v) is 12.0. The molecule has 7 nitrogen and oxygen atoms in total. The van der Waals surface area contributed by atoms with Crippen molar-refractivity contribution in [1.29, 1.82) is 0 Å². The molecule has 184 valence electrons. The van der Waals surface area contributed by atoms with Crippen molar-refractivity contribution in [1.82, 2.24) is 4.57 Å². The highest BCUT2D eigenvalue weighted by molar-refractivity contribution is 6.42. The van der Waals surface area contributed by atoms with Gasteiger partial charge in [-0.3, -0.25) is 19.0 Å². The highest BCUT2D eigenvalue weighted by atomic mass is 35.5. The summed E-state index contributed by atoms with van der Waals surface area (Å²) in [6.45, 7) is 1.42. The molecular formula is C28H17Cl2NO6. The first-order chi connectivity index (χ1) is 17.7. The number of rotatable bonds is 3. The fourth-order valence-electron chi connectivity index (χ4n) is 5.15. The van der Waals surface area contributed by atoms with Gasteiger partial charge in [0.1, 0.15) is 6.10 Å². The number of nitrogens with zero attached hydrogens (tertiary/aromatic N) is 1. The maximum Gasteiger partial charge on any atom is 0.225 e. The third-order valence-electron chi connectivity index (χ3n) is 6.90. The van der Waals surface area contributed by atoms with E-state index in [1.54, 1.807) is 42.5 Å². The lowest BCUT2D eigenvalue weighted by Gasteiger charge is -2.24. The summed E-state index contributed by atoms with van der Waals surface area (Å²) < 4.78 is 7.35. The summed E-state index contributed by atoms with van der Waals surface area (Å²) in [6.07, 6.45) is -1.13. The molecular weight excluding hydrogens is 517 g/mol. The lowest BCUT2D eigenvalue weighted by molar-refractivity contribution is -0.0231. The van der Waals surface area contributed by atoms with Gasteiger partial charge in [0.25, 0.3) is 0 Å². The van der Waals surface area contributed by atoms with E-state index in [1.807, 2.05) is 0 Å². The zero-order valence-electron chi connectivity index (χ0n) is 19.2. The molecule has 3 aromatic carbocycles. The summed E-state index contributed by atoms with van der Waals surface area (Å²) >= 11 is 12.3. The second-order valence-electron chi connectivity index (χ2n) is 8.93. The molecule has 1 atom stereocenters. The maximum atomic E-state index is 13.8. The van der Waals surface area contributed by atoms with Crippen LogP contribution in [0.5, 0.6) is 11.8 Å². The van der Waals surface area contributed by atoms with Crippen molar-refractivity contribution >= 4 is 40.6 Å². The second-order valence-corrected chi connectivity index (χ2v) is 9.75. The Kier molecular flexibility index (Phi) is 5.11. The molecule has 0 bridgehead atoms. The summed E-state index contributed by atoms with van der Waals surface area (Å²) in [5, 5.41) is 23.4. The predicted molar refractivity (Wildman–Crippen MR) is 135 cm³/mol. The van der Waals surface area contributed by atoms with Gasteiger partial charge >= 0.3 is 0 Å². The molecule has 1 aliphatic carbocycles. The maximum absolute atomic E-state index is 13.8. The first-order valence-electron chi connectivity index (χ1n) is 11.3. The second kappa shape index (κ2) is 8.05. The van der Waals surface area contributed by atoms with Crippen LogP contribution in [0.3, 0.4) is 0 Å². The quantitative estimate of drug-likeness (QED) is 0.255. The number of fused-ring (bicyclic) bond motifs is 3. The lowest BCUT2D eigenvalue weighted by atomic mass is 9.88. The van der Waals surface area contributed by atoms with Gasteiger partial charge in [0.15, 0.2) is 5.78 Å². The topological polar surface area (TPSA) is 106 Å². The number of carbonyl (C=O) groups is 3. The molecule has 2 aliphatic rings. The van der Waals surface area contributed by atoms with Crippen molar-refractivity contribution in [2.45, 2.75) is 18.6 Å². The molecule has 0 saturated heterocycles. The smallest absolute Gasteiger partial charge is 0.225 e. The Morgan fingerprint density at radius 3 is 2.08 bits per heavy atom. The van der Waals surface area contributed by atoms with Gasteiger partial charge in [-0.2, -0.15) is 0 Å². The molecule has 2 heterocycles. The third-order valence-corrected chi connectivity index (χ3v) is 7.64. The van der Waals surface area contributed by atoms with Crippen molar-refractivity contribution in [3.05, 3.63) is 110 Å². The van der Waals surface area contributed by atoms with Crippen LogP contribution >= 0.6 is 23.2 Å². The number of ketones is 3. The van der Waals surface area contributed by atoms with E-state index in [1.165, 1.54) is 31.2 Å². The molecule has 0 amide bonds. The minimum absolute atomic E-state index is 0.0565. The highest BCUT2D eigenvalue weighted by Crippen LogP contribution is 2.59. The van der Waals surface area contributed by atoms with Crippen LogP contribution in [0.4, 0.5) is 0 Å². The molecule has 37 heavy (non-hydrogen) atoms. The average molecular weight is 534 g/mol. The van der Waals surface area contributed by atoms with E-state index in [0.29, 0.717) is 16.8 Å². The van der Waals surface area contributed by atoms with Gasteiger partial charge in [-0.15, -0.1) is 0 Å². The lowest BCUT2D eigenvalue weighted by Crippen LogP contribution is -2.38. The SMILES string of the molecule is CC(=O)c1ccc(-n2c(O)c3c(c2O)C2(OC3c3ccc(Cl)c(Cl)c3)C(=O)c3ccccc3C2=O)cc1. The summed E-state index contributed by atoms with van der Waals surface area (Å²) in [6, 6.07) is 17.1. The molecule has 1 aliphatic heterocycles. The van der Waals surface area contributed by atoms with Crippen molar-refractivity contribution < 1.29 is 29.3 Å². The summed E-state index contributed by atoms with van der Waals surface area (Å²) in [5.41, 5.74) is -0.800. The van der Waals surface area contributed by atoms with Gasteiger partial charge in [0.05, 0.1) is 26.9 Å². The van der Waals surface area contributed by atoms with E-state index >= 15 is 0 Å². The van der Waals surface area contributed by atoms with E-state index in [2.05, 4.69) is 0 Å². The van der Waals surface area contributed by atoms with Gasteiger partial charge in [-0.05, 0) is 48.9 Å². The number of benzene rings is 3. The van der Waals surface area contributed by atoms with Gasteiger partial charge in [-0.25, -0.2) is 0 Å². The van der Waals surface area contributed by atoms with E-state index in [4.69, 9.17) is 27.9 Å².